The maximum Gasteiger partial charge on any atom is 0.339 e. The number of carbonyl (C=O) groups is 2. The SMILES string of the molecule is CCCCCNc1nc(N)nc(C)c1Cc1ccc(CC(=O)OCCCCN(C)C)cc1.O=C(O)c1ccc2ccccc2c1O. The molecule has 246 valence electrons. The summed E-state index contributed by atoms with van der Waals surface area (Å²) in [4.78, 5) is 33.7. The number of carboxylic acid groups (broad SMARTS) is 1. The zero-order chi connectivity index (χ0) is 33.5. The minimum absolute atomic E-state index is 0.0660. The number of aromatic carboxylic acids is 1. The van der Waals surface area contributed by atoms with Gasteiger partial charge in [0.1, 0.15) is 17.1 Å². The number of aromatic nitrogens is 2. The number of aryl methyl sites for hydroxylation is 1. The van der Waals surface area contributed by atoms with Gasteiger partial charge in [-0.2, -0.15) is 4.98 Å². The van der Waals surface area contributed by atoms with E-state index in [1.165, 1.54) is 18.9 Å². The molecule has 1 aromatic heterocycles. The quantitative estimate of drug-likeness (QED) is 0.0880. The van der Waals surface area contributed by atoms with Gasteiger partial charge in [-0.05, 0) is 69.4 Å². The highest BCUT2D eigenvalue weighted by molar-refractivity contribution is 6.00. The van der Waals surface area contributed by atoms with Gasteiger partial charge in [0.05, 0.1) is 13.0 Å². The number of nitrogens with two attached hydrogens (primary N) is 1. The van der Waals surface area contributed by atoms with Crippen molar-refractivity contribution in [2.45, 2.75) is 58.8 Å². The number of aromatic hydroxyl groups is 1. The normalized spacial score (nSPS) is 10.8. The van der Waals surface area contributed by atoms with Crippen LogP contribution in [0.4, 0.5) is 11.8 Å². The topological polar surface area (TPSA) is 151 Å². The van der Waals surface area contributed by atoms with Crippen LogP contribution in [0.25, 0.3) is 10.8 Å². The number of nitrogen functional groups attached to an aromatic ring is 1. The summed E-state index contributed by atoms with van der Waals surface area (Å²) in [6.45, 7) is 6.51. The molecule has 0 radical (unpaired) electrons. The molecule has 0 bridgehead atoms. The second-order valence-electron chi connectivity index (χ2n) is 11.5. The van der Waals surface area contributed by atoms with E-state index in [1.807, 2.05) is 45.3 Å². The highest BCUT2D eigenvalue weighted by Gasteiger charge is 2.13. The van der Waals surface area contributed by atoms with Crippen LogP contribution in [0.1, 0.15) is 71.8 Å². The van der Waals surface area contributed by atoms with Crippen LogP contribution in [-0.2, 0) is 22.4 Å². The van der Waals surface area contributed by atoms with E-state index in [1.54, 1.807) is 18.2 Å². The first-order valence-electron chi connectivity index (χ1n) is 15.8. The van der Waals surface area contributed by atoms with Gasteiger partial charge in [0.2, 0.25) is 5.95 Å². The van der Waals surface area contributed by atoms with E-state index in [9.17, 15) is 14.7 Å². The average molecular weight is 630 g/mol. The lowest BCUT2D eigenvalue weighted by Crippen LogP contribution is -2.14. The first kappa shape index (κ1) is 35.8. The van der Waals surface area contributed by atoms with Crippen molar-refractivity contribution in [1.82, 2.24) is 14.9 Å². The number of esters is 1. The second kappa shape index (κ2) is 18.3. The lowest BCUT2D eigenvalue weighted by atomic mass is 10.0. The summed E-state index contributed by atoms with van der Waals surface area (Å²) in [6, 6.07) is 18.3. The van der Waals surface area contributed by atoms with Gasteiger partial charge >= 0.3 is 11.9 Å². The van der Waals surface area contributed by atoms with Gasteiger partial charge in [-0.25, -0.2) is 9.78 Å². The molecule has 0 unspecified atom stereocenters. The second-order valence-corrected chi connectivity index (χ2v) is 11.5. The van der Waals surface area contributed by atoms with E-state index in [-0.39, 0.29) is 17.3 Å². The van der Waals surface area contributed by atoms with Gasteiger partial charge < -0.3 is 30.9 Å². The summed E-state index contributed by atoms with van der Waals surface area (Å²) in [6.07, 6.45) is 6.37. The standard InChI is InChI=1S/C25H39N5O2.C11H8O3/c1-5-6-7-14-27-24-22(19(2)28-25(26)29-24)17-20-10-12-21(13-11-20)18-23(31)32-16-9-8-15-30(3)4;12-10-8-4-2-1-3-7(8)5-6-9(10)11(13)14/h10-13H,5-9,14-18H2,1-4H3,(H3,26,27,28,29);1-6,12H,(H,13,14). The number of carboxylic acids is 1. The number of rotatable bonds is 15. The van der Waals surface area contributed by atoms with E-state index in [2.05, 4.69) is 39.2 Å². The van der Waals surface area contributed by atoms with Crippen molar-refractivity contribution in [2.24, 2.45) is 0 Å². The number of carbonyl (C=O) groups excluding carboxylic acids is 1. The Labute approximate surface area is 271 Å². The number of hydrogen-bond donors (Lipinski definition) is 4. The van der Waals surface area contributed by atoms with Gasteiger partial charge in [0, 0.05) is 29.6 Å². The molecule has 0 fully saturated rings. The van der Waals surface area contributed by atoms with E-state index in [0.29, 0.717) is 30.8 Å². The number of phenols is 1. The van der Waals surface area contributed by atoms with Crippen LogP contribution in [0.5, 0.6) is 5.75 Å². The molecule has 4 aromatic rings. The Hall–Kier alpha value is -4.70. The predicted octanol–water partition coefficient (Wildman–Crippen LogP) is 6.23. The molecule has 0 saturated heterocycles. The number of hydrogen-bond acceptors (Lipinski definition) is 9. The van der Waals surface area contributed by atoms with E-state index >= 15 is 0 Å². The molecular weight excluding hydrogens is 582 g/mol. The Morgan fingerprint density at radius 2 is 1.65 bits per heavy atom. The zero-order valence-corrected chi connectivity index (χ0v) is 27.4. The van der Waals surface area contributed by atoms with Gasteiger partial charge in [0.15, 0.2) is 0 Å². The summed E-state index contributed by atoms with van der Waals surface area (Å²) >= 11 is 0. The summed E-state index contributed by atoms with van der Waals surface area (Å²) in [5.74, 6) is -0.361. The summed E-state index contributed by atoms with van der Waals surface area (Å²) in [5.41, 5.74) is 9.84. The summed E-state index contributed by atoms with van der Waals surface area (Å²) in [5, 5.41) is 23.2. The molecule has 5 N–H and O–H groups in total. The summed E-state index contributed by atoms with van der Waals surface area (Å²) in [7, 11) is 4.09. The molecule has 0 aliphatic carbocycles. The van der Waals surface area contributed by atoms with Crippen molar-refractivity contribution in [3.05, 3.63) is 88.6 Å². The van der Waals surface area contributed by atoms with Crippen molar-refractivity contribution in [1.29, 1.82) is 0 Å². The maximum atomic E-state index is 12.1. The molecule has 0 aliphatic rings. The highest BCUT2D eigenvalue weighted by Crippen LogP contribution is 2.28. The number of ether oxygens (including phenoxy) is 1. The minimum atomic E-state index is -1.12. The fourth-order valence-corrected chi connectivity index (χ4v) is 4.90. The van der Waals surface area contributed by atoms with Crippen LogP contribution in [-0.4, -0.2) is 70.8 Å². The van der Waals surface area contributed by atoms with E-state index < -0.39 is 5.97 Å². The van der Waals surface area contributed by atoms with Crippen molar-refractivity contribution < 1.29 is 24.5 Å². The van der Waals surface area contributed by atoms with Crippen LogP contribution in [0, 0.1) is 6.92 Å². The molecule has 0 aliphatic heterocycles. The molecule has 4 rings (SSSR count). The molecule has 0 spiro atoms. The Morgan fingerprint density at radius 1 is 0.935 bits per heavy atom. The monoisotopic (exact) mass is 629 g/mol. The number of nitrogens with one attached hydrogen (secondary N) is 1. The van der Waals surface area contributed by atoms with Gasteiger partial charge in [-0.15, -0.1) is 0 Å². The van der Waals surface area contributed by atoms with E-state index in [4.69, 9.17) is 15.6 Å². The number of unbranched alkanes of at least 4 members (excludes halogenated alkanes) is 3. The number of anilines is 2. The molecule has 10 heteroatoms. The Balaban J connectivity index is 0.000000339. The lowest BCUT2D eigenvalue weighted by molar-refractivity contribution is -0.142. The fraction of sp³-hybridized carbons (Fsp3) is 0.389. The third-order valence-corrected chi connectivity index (χ3v) is 7.45. The summed E-state index contributed by atoms with van der Waals surface area (Å²) < 4.78 is 5.36. The molecular formula is C36H47N5O5. The largest absolute Gasteiger partial charge is 0.506 e. The smallest absolute Gasteiger partial charge is 0.339 e. The maximum absolute atomic E-state index is 12.1. The van der Waals surface area contributed by atoms with E-state index in [0.717, 1.165) is 65.9 Å². The Bertz CT molecular complexity index is 1570. The third-order valence-electron chi connectivity index (χ3n) is 7.45. The minimum Gasteiger partial charge on any atom is -0.506 e. The lowest BCUT2D eigenvalue weighted by Gasteiger charge is -2.14. The molecule has 1 heterocycles. The van der Waals surface area contributed by atoms with Crippen LogP contribution < -0.4 is 11.1 Å². The van der Waals surface area contributed by atoms with Crippen molar-refractivity contribution in [3.8, 4) is 5.75 Å². The first-order chi connectivity index (χ1) is 22.1. The molecule has 3 aromatic carbocycles. The van der Waals surface area contributed by atoms with Crippen molar-refractivity contribution in [3.63, 3.8) is 0 Å². The van der Waals surface area contributed by atoms with Crippen LogP contribution in [0.15, 0.2) is 60.7 Å². The molecule has 0 atom stereocenters. The Kier molecular flexibility index (Phi) is 14.2. The predicted molar refractivity (Wildman–Crippen MR) is 183 cm³/mol. The Morgan fingerprint density at radius 3 is 2.35 bits per heavy atom. The van der Waals surface area contributed by atoms with Crippen molar-refractivity contribution >= 4 is 34.5 Å². The molecule has 0 amide bonds. The van der Waals surface area contributed by atoms with Crippen molar-refractivity contribution in [2.75, 3.05) is 44.8 Å². The molecule has 0 saturated carbocycles. The molecule has 10 nitrogen and oxygen atoms in total. The zero-order valence-electron chi connectivity index (χ0n) is 27.4. The number of benzene rings is 3. The number of nitrogens with zero attached hydrogens (tertiary/aromatic N) is 3. The van der Waals surface area contributed by atoms with Crippen LogP contribution in [0.3, 0.4) is 0 Å². The van der Waals surface area contributed by atoms with Gasteiger partial charge in [-0.3, -0.25) is 4.79 Å². The van der Waals surface area contributed by atoms with Crippen LogP contribution in [0.2, 0.25) is 0 Å². The molecule has 46 heavy (non-hydrogen) atoms. The number of fused-ring (bicyclic) bond motifs is 1. The average Bonchev–Trinajstić information content (AvgIpc) is 3.02. The third kappa shape index (κ3) is 11.3. The first-order valence-corrected chi connectivity index (χ1v) is 15.8. The van der Waals surface area contributed by atoms with Crippen LogP contribution >= 0.6 is 0 Å². The highest BCUT2D eigenvalue weighted by atomic mass is 16.5. The van der Waals surface area contributed by atoms with Gasteiger partial charge in [0.25, 0.3) is 0 Å². The van der Waals surface area contributed by atoms with Gasteiger partial charge in [-0.1, -0.05) is 74.4 Å². The fourth-order valence-electron chi connectivity index (χ4n) is 4.90.